The van der Waals surface area contributed by atoms with Crippen LogP contribution in [-0.2, 0) is 4.74 Å². The average molecular weight is 327 g/mol. The lowest BCUT2D eigenvalue weighted by Crippen LogP contribution is -2.44. The first-order valence-electron chi connectivity index (χ1n) is 6.49. The summed E-state index contributed by atoms with van der Waals surface area (Å²) in [5.41, 5.74) is 0. The van der Waals surface area contributed by atoms with Crippen molar-refractivity contribution in [2.24, 2.45) is 0 Å². The molecule has 4 nitrogen and oxygen atoms in total. The maximum absolute atomic E-state index is 10.4. The van der Waals surface area contributed by atoms with Crippen molar-refractivity contribution in [1.29, 1.82) is 0 Å². The predicted molar refractivity (Wildman–Crippen MR) is 78.4 cm³/mol. The number of hydrogen-bond donors (Lipinski definition) is 1. The molecular formula is C14H19BrN2O2. The van der Waals surface area contributed by atoms with Gasteiger partial charge in [-0.25, -0.2) is 10.0 Å². The Morgan fingerprint density at radius 3 is 2.89 bits per heavy atom. The Kier molecular flexibility index (Phi) is 4.96. The molecule has 1 aromatic rings. The van der Waals surface area contributed by atoms with Crippen LogP contribution in [-0.4, -0.2) is 28.4 Å². The van der Waals surface area contributed by atoms with Gasteiger partial charge in [0, 0.05) is 10.7 Å². The van der Waals surface area contributed by atoms with E-state index in [1.54, 1.807) is 12.3 Å². The van der Waals surface area contributed by atoms with Crippen LogP contribution < -0.4 is 5.06 Å². The lowest BCUT2D eigenvalue weighted by atomic mass is 9.98. The molecular weight excluding hydrogens is 308 g/mol. The van der Waals surface area contributed by atoms with Gasteiger partial charge in [0.2, 0.25) is 0 Å². The van der Waals surface area contributed by atoms with Crippen LogP contribution in [0.3, 0.4) is 0 Å². The molecule has 1 aliphatic rings. The summed E-state index contributed by atoms with van der Waals surface area (Å²) in [5, 5.41) is 11.6. The van der Waals surface area contributed by atoms with E-state index < -0.39 is 0 Å². The van der Waals surface area contributed by atoms with E-state index in [0.717, 1.165) is 17.3 Å². The fraction of sp³-hybridized carbons (Fsp3) is 0.500. The van der Waals surface area contributed by atoms with Gasteiger partial charge in [0.25, 0.3) is 0 Å². The van der Waals surface area contributed by atoms with Crippen LogP contribution in [0, 0.1) is 0 Å². The summed E-state index contributed by atoms with van der Waals surface area (Å²) in [5.74, 6) is 0.542. The number of ether oxygens (including phenoxy) is 1. The molecule has 19 heavy (non-hydrogen) atoms. The van der Waals surface area contributed by atoms with Crippen molar-refractivity contribution in [3.8, 4) is 0 Å². The molecule has 0 amide bonds. The summed E-state index contributed by atoms with van der Waals surface area (Å²) in [6.07, 6.45) is 7.61. The van der Waals surface area contributed by atoms with Gasteiger partial charge >= 0.3 is 0 Å². The second-order valence-electron chi connectivity index (χ2n) is 4.90. The van der Waals surface area contributed by atoms with Crippen LogP contribution >= 0.6 is 15.9 Å². The highest BCUT2D eigenvalue weighted by Crippen LogP contribution is 2.24. The Labute approximate surface area is 122 Å². The Hall–Kier alpha value is -0.910. The highest BCUT2D eigenvalue weighted by molar-refractivity contribution is 9.10. The number of allylic oxidation sites excluding steroid dienone is 1. The zero-order chi connectivity index (χ0) is 13.8. The number of rotatable bonds is 4. The zero-order valence-corrected chi connectivity index (χ0v) is 12.7. The quantitative estimate of drug-likeness (QED) is 0.678. The largest absolute Gasteiger partial charge is 0.369 e. The van der Waals surface area contributed by atoms with Gasteiger partial charge in [-0.2, -0.15) is 0 Å². The minimum atomic E-state index is -0.107. The topological polar surface area (TPSA) is 45.6 Å². The summed E-state index contributed by atoms with van der Waals surface area (Å²) < 4.78 is 6.74. The van der Waals surface area contributed by atoms with E-state index in [1.807, 2.05) is 26.0 Å². The molecule has 1 aliphatic carbocycles. The SMILES string of the molecule is CC(C)O[C@@H]1C=CCC[C@H]1N(O)c1ccc(Br)cn1. The van der Waals surface area contributed by atoms with Crippen molar-refractivity contribution in [3.63, 3.8) is 0 Å². The molecule has 0 aliphatic heterocycles. The monoisotopic (exact) mass is 326 g/mol. The van der Waals surface area contributed by atoms with Gasteiger partial charge in [0.05, 0.1) is 18.2 Å². The summed E-state index contributed by atoms with van der Waals surface area (Å²) in [4.78, 5) is 4.22. The van der Waals surface area contributed by atoms with E-state index >= 15 is 0 Å². The molecule has 0 bridgehead atoms. The van der Waals surface area contributed by atoms with E-state index in [-0.39, 0.29) is 18.2 Å². The van der Waals surface area contributed by atoms with Crippen LogP contribution in [0.4, 0.5) is 5.82 Å². The maximum atomic E-state index is 10.4. The van der Waals surface area contributed by atoms with Gasteiger partial charge in [0.1, 0.15) is 0 Å². The van der Waals surface area contributed by atoms with Crippen LogP contribution in [0.5, 0.6) is 0 Å². The fourth-order valence-electron chi connectivity index (χ4n) is 2.18. The number of aromatic nitrogens is 1. The van der Waals surface area contributed by atoms with E-state index in [9.17, 15) is 5.21 Å². The van der Waals surface area contributed by atoms with Gasteiger partial charge in [-0.15, -0.1) is 0 Å². The lowest BCUT2D eigenvalue weighted by molar-refractivity contribution is -0.00201. The summed E-state index contributed by atoms with van der Waals surface area (Å²) >= 11 is 3.34. The lowest BCUT2D eigenvalue weighted by Gasteiger charge is -2.34. The van der Waals surface area contributed by atoms with Crippen molar-refractivity contribution < 1.29 is 9.94 Å². The molecule has 1 heterocycles. The van der Waals surface area contributed by atoms with Crippen molar-refractivity contribution in [3.05, 3.63) is 35.0 Å². The van der Waals surface area contributed by atoms with Gasteiger partial charge in [-0.05, 0) is 54.8 Å². The van der Waals surface area contributed by atoms with E-state index in [2.05, 4.69) is 27.0 Å². The number of hydroxylamine groups is 1. The Balaban J connectivity index is 2.13. The van der Waals surface area contributed by atoms with Crippen molar-refractivity contribution >= 4 is 21.7 Å². The highest BCUT2D eigenvalue weighted by atomic mass is 79.9. The van der Waals surface area contributed by atoms with Gasteiger partial charge in [0.15, 0.2) is 5.82 Å². The second kappa shape index (κ2) is 6.50. The number of nitrogens with zero attached hydrogens (tertiary/aromatic N) is 2. The molecule has 0 saturated carbocycles. The Morgan fingerprint density at radius 1 is 1.47 bits per heavy atom. The minimum Gasteiger partial charge on any atom is -0.369 e. The summed E-state index contributed by atoms with van der Waals surface area (Å²) in [7, 11) is 0. The smallest absolute Gasteiger partial charge is 0.152 e. The third-order valence-corrected chi connectivity index (χ3v) is 3.49. The molecule has 0 saturated heterocycles. The molecule has 0 aromatic carbocycles. The molecule has 0 spiro atoms. The normalized spacial score (nSPS) is 22.8. The Morgan fingerprint density at radius 2 is 2.26 bits per heavy atom. The molecule has 0 fully saturated rings. The molecule has 1 N–H and O–H groups in total. The number of anilines is 1. The third-order valence-electron chi connectivity index (χ3n) is 3.02. The van der Waals surface area contributed by atoms with Gasteiger partial charge < -0.3 is 4.74 Å². The standard InChI is InChI=1S/C14H19BrN2O2/c1-10(2)19-13-6-4-3-5-12(13)17(18)14-8-7-11(15)9-16-14/h4,6-10,12-13,18H,3,5H2,1-2H3/t12-,13-/m1/s1. The summed E-state index contributed by atoms with van der Waals surface area (Å²) in [6.45, 7) is 4.00. The van der Waals surface area contributed by atoms with Crippen LogP contribution in [0.1, 0.15) is 26.7 Å². The highest BCUT2D eigenvalue weighted by Gasteiger charge is 2.29. The van der Waals surface area contributed by atoms with Crippen LogP contribution in [0.15, 0.2) is 35.0 Å². The molecule has 0 unspecified atom stereocenters. The van der Waals surface area contributed by atoms with Crippen LogP contribution in [0.25, 0.3) is 0 Å². The third kappa shape index (κ3) is 3.78. The number of hydrogen-bond acceptors (Lipinski definition) is 4. The molecule has 5 heteroatoms. The summed E-state index contributed by atoms with van der Waals surface area (Å²) in [6, 6.07) is 3.55. The molecule has 0 radical (unpaired) electrons. The molecule has 1 aromatic heterocycles. The molecule has 2 rings (SSSR count). The Bertz CT molecular complexity index is 434. The van der Waals surface area contributed by atoms with Crippen molar-refractivity contribution in [2.75, 3.05) is 5.06 Å². The predicted octanol–water partition coefficient (Wildman–Crippen LogP) is 3.55. The fourth-order valence-corrected chi connectivity index (χ4v) is 2.41. The van der Waals surface area contributed by atoms with Crippen LogP contribution in [0.2, 0.25) is 0 Å². The van der Waals surface area contributed by atoms with Crippen molar-refractivity contribution in [1.82, 2.24) is 4.98 Å². The number of pyridine rings is 1. The average Bonchev–Trinajstić information content (AvgIpc) is 2.39. The second-order valence-corrected chi connectivity index (χ2v) is 5.82. The zero-order valence-electron chi connectivity index (χ0n) is 11.2. The van der Waals surface area contributed by atoms with Crippen molar-refractivity contribution in [2.45, 2.75) is 44.9 Å². The maximum Gasteiger partial charge on any atom is 0.152 e. The first kappa shape index (κ1) is 14.5. The molecule has 104 valence electrons. The first-order chi connectivity index (χ1) is 9.08. The van der Waals surface area contributed by atoms with E-state index in [1.165, 1.54) is 5.06 Å². The van der Waals surface area contributed by atoms with E-state index in [4.69, 9.17) is 4.74 Å². The molecule has 2 atom stereocenters. The van der Waals surface area contributed by atoms with Gasteiger partial charge in [-0.3, -0.25) is 5.21 Å². The first-order valence-corrected chi connectivity index (χ1v) is 7.29. The minimum absolute atomic E-state index is 0.0962. The van der Waals surface area contributed by atoms with E-state index in [0.29, 0.717) is 5.82 Å². The van der Waals surface area contributed by atoms with Gasteiger partial charge in [-0.1, -0.05) is 12.2 Å². The number of halogens is 1.